The number of carbonyl (C=O) groups is 6. The number of hydrogen-bond acceptors (Lipinski definition) is 14. The highest BCUT2D eigenvalue weighted by Crippen LogP contribution is 2.38. The van der Waals surface area contributed by atoms with Crippen LogP contribution in [0.25, 0.3) is 0 Å². The molecule has 1 atom stereocenters. The van der Waals surface area contributed by atoms with Gasteiger partial charge in [-0.15, -0.1) is 0 Å². The van der Waals surface area contributed by atoms with Crippen LogP contribution < -0.4 is 36.2 Å². The fourth-order valence-corrected chi connectivity index (χ4v) is 7.54. The first-order valence-electron chi connectivity index (χ1n) is 20.1. The van der Waals surface area contributed by atoms with Crippen LogP contribution >= 0.6 is 0 Å². The molecular formula is C43H44F3N11O7. The second-order valence-corrected chi connectivity index (χ2v) is 15.0. The SMILES string of the molecule is C=CC(=O)Nc1cccc(Nc2nc(Nc3ccc(N4CCN(CC(=O)NCCNc5cccc6c5C(=O)N(C5CCC(=O)N(C)C5=O)C6=O)CC4)cc3OC)ncc2C(F)(F)F)c1. The molecule has 3 aromatic carbocycles. The third-order valence-electron chi connectivity index (χ3n) is 10.9. The molecule has 2 fully saturated rings. The summed E-state index contributed by atoms with van der Waals surface area (Å²) in [6.07, 6.45) is -2.93. The van der Waals surface area contributed by atoms with Gasteiger partial charge in [0, 0.05) is 87.7 Å². The molecule has 21 heteroatoms. The maximum atomic E-state index is 14.0. The minimum atomic E-state index is -4.77. The van der Waals surface area contributed by atoms with Crippen molar-refractivity contribution >= 4 is 75.6 Å². The largest absolute Gasteiger partial charge is 0.494 e. The lowest BCUT2D eigenvalue weighted by Crippen LogP contribution is -2.54. The first kappa shape index (κ1) is 44.5. The number of nitrogens with one attached hydrogen (secondary N) is 5. The van der Waals surface area contributed by atoms with Crippen molar-refractivity contribution in [3.8, 4) is 5.75 Å². The van der Waals surface area contributed by atoms with Gasteiger partial charge in [-0.25, -0.2) is 4.98 Å². The molecule has 334 valence electrons. The first-order valence-corrected chi connectivity index (χ1v) is 20.1. The van der Waals surface area contributed by atoms with Gasteiger partial charge < -0.3 is 36.2 Å². The number of carbonyl (C=O) groups excluding carboxylic acids is 6. The topological polar surface area (TPSA) is 211 Å². The Morgan fingerprint density at radius 1 is 0.922 bits per heavy atom. The van der Waals surface area contributed by atoms with Gasteiger partial charge >= 0.3 is 6.18 Å². The fourth-order valence-electron chi connectivity index (χ4n) is 7.54. The maximum absolute atomic E-state index is 14.0. The number of aromatic nitrogens is 2. The number of imide groups is 2. The zero-order valence-electron chi connectivity index (χ0n) is 34.8. The molecule has 0 radical (unpaired) electrons. The zero-order valence-corrected chi connectivity index (χ0v) is 34.8. The van der Waals surface area contributed by atoms with Crippen LogP contribution in [-0.4, -0.2) is 126 Å². The van der Waals surface area contributed by atoms with Crippen molar-refractivity contribution in [2.75, 3.05) is 86.1 Å². The summed E-state index contributed by atoms with van der Waals surface area (Å²) >= 11 is 0. The van der Waals surface area contributed by atoms with Gasteiger partial charge in [-0.3, -0.25) is 43.5 Å². The standard InChI is InChI=1S/C43H44F3N11O7/c1-4-34(58)50-25-7-5-8-26(21-25)51-38-29(43(44,45)46)23-49-42(53-38)52-30-12-11-27(22-33(30)64-3)56-19-17-55(18-20-56)24-35(59)48-16-15-47-31-10-6-9-28-37(31)41(63)57(39(28)61)32-13-14-36(60)54(2)40(32)62/h4-12,21-23,32,47H,1,13-20,24H2,2-3H3,(H,48,59)(H,50,58)(H2,49,51,52,53). The summed E-state index contributed by atoms with van der Waals surface area (Å²) < 4.78 is 47.6. The Hall–Kier alpha value is -7.55. The van der Waals surface area contributed by atoms with Gasteiger partial charge in [-0.2, -0.15) is 18.2 Å². The second kappa shape index (κ2) is 18.8. The number of amides is 6. The van der Waals surface area contributed by atoms with Gasteiger partial charge in [0.1, 0.15) is 23.2 Å². The quantitative estimate of drug-likeness (QED) is 0.0644. The number of fused-ring (bicyclic) bond motifs is 1. The molecule has 0 saturated carbocycles. The molecule has 3 aliphatic rings. The van der Waals surface area contributed by atoms with Crippen molar-refractivity contribution < 1.29 is 46.7 Å². The molecule has 3 aliphatic heterocycles. The van der Waals surface area contributed by atoms with E-state index in [1.165, 1.54) is 32.4 Å². The number of rotatable bonds is 15. The van der Waals surface area contributed by atoms with E-state index in [1.54, 1.807) is 36.4 Å². The Balaban J connectivity index is 0.899. The summed E-state index contributed by atoms with van der Waals surface area (Å²) in [5.41, 5.74) is 1.38. The maximum Gasteiger partial charge on any atom is 0.421 e. The van der Waals surface area contributed by atoms with Gasteiger partial charge in [-0.1, -0.05) is 18.7 Å². The molecule has 0 bridgehead atoms. The molecule has 1 aromatic heterocycles. The van der Waals surface area contributed by atoms with E-state index in [4.69, 9.17) is 4.74 Å². The van der Waals surface area contributed by atoms with Crippen molar-refractivity contribution in [2.24, 2.45) is 0 Å². The number of alkyl halides is 3. The number of likely N-dealkylation sites (N-methyl/N-ethyl adjacent to an activating group) is 1. The van der Waals surface area contributed by atoms with E-state index in [9.17, 15) is 41.9 Å². The minimum absolute atomic E-state index is 0.0408. The van der Waals surface area contributed by atoms with Gasteiger partial charge in [-0.05, 0) is 55.0 Å². The highest BCUT2D eigenvalue weighted by atomic mass is 19.4. The van der Waals surface area contributed by atoms with E-state index in [0.717, 1.165) is 21.6 Å². The number of halogens is 3. The number of hydrogen-bond donors (Lipinski definition) is 5. The molecule has 1 unspecified atom stereocenters. The van der Waals surface area contributed by atoms with Crippen LogP contribution in [0.15, 0.2) is 79.5 Å². The number of benzene rings is 3. The summed E-state index contributed by atoms with van der Waals surface area (Å²) in [6.45, 7) is 6.33. The van der Waals surface area contributed by atoms with Gasteiger partial charge in [0.25, 0.3) is 17.7 Å². The Labute approximate surface area is 364 Å². The lowest BCUT2D eigenvalue weighted by atomic mass is 10.0. The van der Waals surface area contributed by atoms with Crippen molar-refractivity contribution in [2.45, 2.75) is 25.1 Å². The van der Waals surface area contributed by atoms with Crippen molar-refractivity contribution in [1.29, 1.82) is 0 Å². The average molecular weight is 884 g/mol. The molecule has 6 amide bonds. The molecule has 2 saturated heterocycles. The van der Waals surface area contributed by atoms with Crippen molar-refractivity contribution in [3.63, 3.8) is 0 Å². The summed E-state index contributed by atoms with van der Waals surface area (Å²) in [6, 6.07) is 15.1. The molecule has 0 aliphatic carbocycles. The molecular weight excluding hydrogens is 840 g/mol. The van der Waals surface area contributed by atoms with Crippen LogP contribution in [0.2, 0.25) is 0 Å². The van der Waals surface area contributed by atoms with Crippen molar-refractivity contribution in [3.05, 3.63) is 96.2 Å². The van der Waals surface area contributed by atoms with E-state index >= 15 is 0 Å². The number of piperidine rings is 1. The van der Waals surface area contributed by atoms with E-state index in [0.29, 0.717) is 55.2 Å². The van der Waals surface area contributed by atoms with Crippen LogP contribution in [0.4, 0.5) is 53.4 Å². The van der Waals surface area contributed by atoms with E-state index < -0.39 is 47.2 Å². The Morgan fingerprint density at radius 3 is 2.41 bits per heavy atom. The third kappa shape index (κ3) is 9.73. The molecule has 7 rings (SSSR count). The van der Waals surface area contributed by atoms with Gasteiger partial charge in [0.05, 0.1) is 30.5 Å². The van der Waals surface area contributed by atoms with Gasteiger partial charge in [0.2, 0.25) is 23.7 Å². The number of piperazine rings is 1. The van der Waals surface area contributed by atoms with Crippen LogP contribution in [-0.2, 0) is 25.4 Å². The minimum Gasteiger partial charge on any atom is -0.494 e. The van der Waals surface area contributed by atoms with E-state index in [-0.39, 0.29) is 67.1 Å². The first-order chi connectivity index (χ1) is 30.6. The van der Waals surface area contributed by atoms with Crippen LogP contribution in [0.1, 0.15) is 39.1 Å². The third-order valence-corrected chi connectivity index (χ3v) is 10.9. The Morgan fingerprint density at radius 2 is 1.67 bits per heavy atom. The second-order valence-electron chi connectivity index (χ2n) is 15.0. The Kier molecular flexibility index (Phi) is 13.1. The van der Waals surface area contributed by atoms with Crippen LogP contribution in [0, 0.1) is 0 Å². The average Bonchev–Trinajstić information content (AvgIpc) is 3.53. The zero-order chi connectivity index (χ0) is 45.7. The van der Waals surface area contributed by atoms with Gasteiger partial charge in [0.15, 0.2) is 0 Å². The highest BCUT2D eigenvalue weighted by molar-refractivity contribution is 6.25. The van der Waals surface area contributed by atoms with Crippen LogP contribution in [0.3, 0.4) is 0 Å². The molecule has 64 heavy (non-hydrogen) atoms. The van der Waals surface area contributed by atoms with Crippen molar-refractivity contribution in [1.82, 2.24) is 30.0 Å². The molecule has 4 aromatic rings. The number of ether oxygens (including phenoxy) is 1. The monoisotopic (exact) mass is 883 g/mol. The fraction of sp³-hybridized carbons (Fsp3) is 0.302. The lowest BCUT2D eigenvalue weighted by molar-refractivity contribution is -0.149. The molecule has 4 heterocycles. The molecule has 0 spiro atoms. The summed E-state index contributed by atoms with van der Waals surface area (Å²) in [5, 5.41) is 14.2. The number of anilines is 7. The number of likely N-dealkylation sites (tertiary alicyclic amines) is 1. The molecule has 5 N–H and O–H groups in total. The highest BCUT2D eigenvalue weighted by Gasteiger charge is 2.47. The Bertz CT molecular complexity index is 2510. The lowest BCUT2D eigenvalue weighted by Gasteiger charge is -2.36. The molecule has 18 nitrogen and oxygen atoms in total. The smallest absolute Gasteiger partial charge is 0.421 e. The predicted molar refractivity (Wildman–Crippen MR) is 230 cm³/mol. The summed E-state index contributed by atoms with van der Waals surface area (Å²) in [7, 11) is 2.79. The summed E-state index contributed by atoms with van der Waals surface area (Å²) in [5.74, 6) is -3.14. The number of nitrogens with zero attached hydrogens (tertiary/aromatic N) is 6. The van der Waals surface area contributed by atoms with Crippen LogP contribution in [0.5, 0.6) is 5.75 Å². The number of methoxy groups -OCH3 is 1. The van der Waals surface area contributed by atoms with E-state index in [2.05, 4.69) is 48.0 Å². The van der Waals surface area contributed by atoms with E-state index in [1.807, 2.05) is 11.0 Å². The normalized spacial score (nSPS) is 16.6. The summed E-state index contributed by atoms with van der Waals surface area (Å²) in [4.78, 5) is 90.1. The predicted octanol–water partition coefficient (Wildman–Crippen LogP) is 4.21.